The Bertz CT molecular complexity index is 1770. The lowest BCUT2D eigenvalue weighted by Gasteiger charge is -2.12. The Kier molecular flexibility index (Phi) is 9.60. The van der Waals surface area contributed by atoms with Crippen molar-refractivity contribution in [2.24, 2.45) is 5.10 Å². The van der Waals surface area contributed by atoms with E-state index < -0.39 is 0 Å². The molecule has 0 aliphatic heterocycles. The number of anilines is 3. The first kappa shape index (κ1) is 29.7. The molecule has 0 unspecified atom stereocenters. The highest BCUT2D eigenvalue weighted by molar-refractivity contribution is 9.10. The normalized spacial score (nSPS) is 10.9. The molecular formula is C33H28BrN5O3S. The Morgan fingerprint density at radius 3 is 2.56 bits per heavy atom. The van der Waals surface area contributed by atoms with Crippen LogP contribution in [0.5, 0.6) is 5.75 Å². The zero-order valence-corrected chi connectivity index (χ0v) is 25.8. The summed E-state index contributed by atoms with van der Waals surface area (Å²) in [6, 6.07) is 28.1. The topological polar surface area (TPSA) is 105 Å². The van der Waals surface area contributed by atoms with Crippen molar-refractivity contribution < 1.29 is 14.3 Å². The van der Waals surface area contributed by atoms with Gasteiger partial charge in [-0.25, -0.2) is 10.4 Å². The van der Waals surface area contributed by atoms with Gasteiger partial charge < -0.3 is 15.4 Å². The van der Waals surface area contributed by atoms with Crippen molar-refractivity contribution >= 4 is 61.8 Å². The van der Waals surface area contributed by atoms with Crippen molar-refractivity contribution in [3.05, 3.63) is 123 Å². The Balaban J connectivity index is 1.17. The van der Waals surface area contributed by atoms with Crippen molar-refractivity contribution in [3.63, 3.8) is 0 Å². The summed E-state index contributed by atoms with van der Waals surface area (Å²) < 4.78 is 6.58. The molecule has 0 aliphatic carbocycles. The number of nitrogens with one attached hydrogen (secondary N) is 3. The Morgan fingerprint density at radius 1 is 0.977 bits per heavy atom. The zero-order valence-electron chi connectivity index (χ0n) is 23.4. The number of nitrogens with zero attached hydrogens (tertiary/aromatic N) is 2. The van der Waals surface area contributed by atoms with Gasteiger partial charge in [-0.1, -0.05) is 58.4 Å². The van der Waals surface area contributed by atoms with Crippen molar-refractivity contribution in [2.75, 3.05) is 17.2 Å². The molecule has 8 nitrogen and oxygen atoms in total. The highest BCUT2D eigenvalue weighted by Gasteiger charge is 2.11. The lowest BCUT2D eigenvalue weighted by Crippen LogP contribution is -2.21. The van der Waals surface area contributed by atoms with Gasteiger partial charge in [0.1, 0.15) is 5.75 Å². The lowest BCUT2D eigenvalue weighted by molar-refractivity contribution is -0.118. The first-order chi connectivity index (χ1) is 20.9. The molecule has 1 heterocycles. The lowest BCUT2D eigenvalue weighted by atomic mass is 10.1. The van der Waals surface area contributed by atoms with E-state index in [4.69, 9.17) is 4.74 Å². The number of carbonyl (C=O) groups excluding carboxylic acids is 2. The van der Waals surface area contributed by atoms with Crippen molar-refractivity contribution in [3.8, 4) is 17.0 Å². The number of para-hydroxylation sites is 1. The third kappa shape index (κ3) is 7.94. The second kappa shape index (κ2) is 13.9. The average molecular weight is 655 g/mol. The predicted octanol–water partition coefficient (Wildman–Crippen LogP) is 7.71. The van der Waals surface area contributed by atoms with E-state index in [-0.39, 0.29) is 18.4 Å². The van der Waals surface area contributed by atoms with Gasteiger partial charge in [0.25, 0.3) is 11.8 Å². The number of hydrogen-bond donors (Lipinski definition) is 3. The van der Waals surface area contributed by atoms with Crippen LogP contribution in [0.1, 0.15) is 27.0 Å². The van der Waals surface area contributed by atoms with Crippen LogP contribution in [0.25, 0.3) is 11.3 Å². The Hall–Kier alpha value is -4.80. The van der Waals surface area contributed by atoms with E-state index in [0.717, 1.165) is 43.4 Å². The summed E-state index contributed by atoms with van der Waals surface area (Å²) in [6.45, 7) is 3.77. The Labute approximate surface area is 262 Å². The summed E-state index contributed by atoms with van der Waals surface area (Å²) >= 11 is 4.96. The maximum atomic E-state index is 12.7. The third-order valence-corrected chi connectivity index (χ3v) is 7.80. The van der Waals surface area contributed by atoms with Crippen LogP contribution in [0.4, 0.5) is 16.5 Å². The molecule has 0 radical (unpaired) electrons. The number of benzene rings is 4. The molecule has 0 spiro atoms. The molecule has 5 aromatic rings. The summed E-state index contributed by atoms with van der Waals surface area (Å²) in [5, 5.41) is 13.0. The van der Waals surface area contributed by atoms with Crippen molar-refractivity contribution in [2.45, 2.75) is 13.8 Å². The second-order valence-electron chi connectivity index (χ2n) is 9.57. The van der Waals surface area contributed by atoms with E-state index in [9.17, 15) is 9.59 Å². The molecule has 5 rings (SSSR count). The van der Waals surface area contributed by atoms with Gasteiger partial charge in [-0.05, 0) is 73.5 Å². The van der Waals surface area contributed by atoms with Crippen LogP contribution >= 0.6 is 27.3 Å². The molecule has 10 heteroatoms. The van der Waals surface area contributed by atoms with E-state index >= 15 is 0 Å². The smallest absolute Gasteiger partial charge is 0.271 e. The van der Waals surface area contributed by atoms with Crippen molar-refractivity contribution in [1.82, 2.24) is 10.4 Å². The van der Waals surface area contributed by atoms with E-state index in [1.54, 1.807) is 30.3 Å². The number of aryl methyl sites for hydroxylation is 1. The highest BCUT2D eigenvalue weighted by Crippen LogP contribution is 2.27. The molecule has 1 aromatic heterocycles. The van der Waals surface area contributed by atoms with Crippen LogP contribution in [0, 0.1) is 13.8 Å². The number of aromatic nitrogens is 1. The fourth-order valence-corrected chi connectivity index (χ4v) is 5.21. The SMILES string of the molecule is Cc1cccc(NC(=O)COc2ccc(Br)cc2/C=N/NC(=O)c2ccc(-c3csc(Nc4ccccc4)n3)cc2)c1C. The van der Waals surface area contributed by atoms with E-state index in [2.05, 4.69) is 42.1 Å². The van der Waals surface area contributed by atoms with Gasteiger partial charge in [0.15, 0.2) is 11.7 Å². The summed E-state index contributed by atoms with van der Waals surface area (Å²) in [4.78, 5) is 29.9. The van der Waals surface area contributed by atoms with Gasteiger partial charge in [0.05, 0.1) is 11.9 Å². The molecule has 43 heavy (non-hydrogen) atoms. The van der Waals surface area contributed by atoms with Crippen molar-refractivity contribution in [1.29, 1.82) is 0 Å². The molecule has 3 N–H and O–H groups in total. The maximum absolute atomic E-state index is 12.7. The largest absolute Gasteiger partial charge is 0.483 e. The van der Waals surface area contributed by atoms with Gasteiger partial charge in [0.2, 0.25) is 0 Å². The molecule has 216 valence electrons. The average Bonchev–Trinajstić information content (AvgIpc) is 3.48. The minimum atomic E-state index is -0.363. The van der Waals surface area contributed by atoms with E-state index in [1.807, 2.05) is 79.9 Å². The van der Waals surface area contributed by atoms with Crippen LogP contribution in [-0.4, -0.2) is 29.6 Å². The van der Waals surface area contributed by atoms with Crippen LogP contribution in [0.3, 0.4) is 0 Å². The van der Waals surface area contributed by atoms with Gasteiger partial charge in [0, 0.05) is 37.9 Å². The molecule has 2 amide bonds. The first-order valence-electron chi connectivity index (χ1n) is 13.4. The third-order valence-electron chi connectivity index (χ3n) is 6.55. The minimum Gasteiger partial charge on any atom is -0.483 e. The quantitative estimate of drug-likeness (QED) is 0.106. The standard InChI is InChI=1S/C33H28BrN5O3S/c1-21-7-6-10-28(22(21)2)37-31(40)19-42-30-16-15-26(34)17-25(30)18-35-39-32(41)24-13-11-23(12-14-24)29-20-43-33(38-29)36-27-8-4-3-5-9-27/h3-18,20H,19H2,1-2H3,(H,36,38)(H,37,40)(H,39,41)/b35-18+. The van der Waals surface area contributed by atoms with Crippen LogP contribution in [-0.2, 0) is 4.79 Å². The second-order valence-corrected chi connectivity index (χ2v) is 11.3. The fourth-order valence-electron chi connectivity index (χ4n) is 4.09. The fraction of sp³-hybridized carbons (Fsp3) is 0.0909. The van der Waals surface area contributed by atoms with Crippen LogP contribution in [0.2, 0.25) is 0 Å². The van der Waals surface area contributed by atoms with Gasteiger partial charge in [-0.3, -0.25) is 9.59 Å². The zero-order chi connectivity index (χ0) is 30.2. The highest BCUT2D eigenvalue weighted by atomic mass is 79.9. The summed E-state index contributed by atoms with van der Waals surface area (Å²) in [5.41, 5.74) is 9.12. The number of ether oxygens (including phenoxy) is 1. The number of rotatable bonds is 10. The molecule has 0 atom stereocenters. The predicted molar refractivity (Wildman–Crippen MR) is 177 cm³/mol. The van der Waals surface area contributed by atoms with Crippen LogP contribution < -0.4 is 20.8 Å². The number of amides is 2. The molecule has 0 saturated heterocycles. The van der Waals surface area contributed by atoms with E-state index in [1.165, 1.54) is 17.6 Å². The minimum absolute atomic E-state index is 0.183. The number of hydrazone groups is 1. The molecule has 0 saturated carbocycles. The number of hydrogen-bond acceptors (Lipinski definition) is 7. The molecule has 0 fully saturated rings. The summed E-state index contributed by atoms with van der Waals surface area (Å²) in [7, 11) is 0. The number of thiazole rings is 1. The molecule has 0 bridgehead atoms. The number of halogens is 1. The molecule has 4 aromatic carbocycles. The molecule has 0 aliphatic rings. The maximum Gasteiger partial charge on any atom is 0.271 e. The van der Waals surface area contributed by atoms with Crippen LogP contribution in [0.15, 0.2) is 106 Å². The van der Waals surface area contributed by atoms with Gasteiger partial charge >= 0.3 is 0 Å². The summed E-state index contributed by atoms with van der Waals surface area (Å²) in [6.07, 6.45) is 1.48. The van der Waals surface area contributed by atoms with E-state index in [0.29, 0.717) is 16.9 Å². The summed E-state index contributed by atoms with van der Waals surface area (Å²) in [5.74, 6) is -0.193. The monoisotopic (exact) mass is 653 g/mol. The molecular weight excluding hydrogens is 626 g/mol. The first-order valence-corrected chi connectivity index (χ1v) is 15.0. The van der Waals surface area contributed by atoms with Gasteiger partial charge in [-0.2, -0.15) is 5.10 Å². The Morgan fingerprint density at radius 2 is 1.77 bits per heavy atom. The van der Waals surface area contributed by atoms with Gasteiger partial charge in [-0.15, -0.1) is 11.3 Å². The number of carbonyl (C=O) groups is 2.